The number of carbonyl (C=O) groups excluding carboxylic acids is 5. The van der Waals surface area contributed by atoms with E-state index < -0.39 is 46.6 Å². The Morgan fingerprint density at radius 1 is 1.00 bits per heavy atom. The predicted octanol–water partition coefficient (Wildman–Crippen LogP) is 3.91. The molecule has 8 heteroatoms. The van der Waals surface area contributed by atoms with Crippen molar-refractivity contribution in [2.75, 3.05) is 6.54 Å². The van der Waals surface area contributed by atoms with Crippen LogP contribution >= 0.6 is 0 Å². The third-order valence-electron chi connectivity index (χ3n) is 8.71. The minimum Gasteiger partial charge on any atom is -0.334 e. The van der Waals surface area contributed by atoms with E-state index in [9.17, 15) is 24.0 Å². The molecule has 2 N–H and O–H groups in total. The highest BCUT2D eigenvalue weighted by Crippen LogP contribution is 2.65. The third kappa shape index (κ3) is 6.43. The topological polar surface area (TPSA) is 113 Å². The molecule has 1 unspecified atom stereocenters. The summed E-state index contributed by atoms with van der Waals surface area (Å²) in [4.78, 5) is 66.9. The molecule has 1 aliphatic heterocycles. The first-order valence-corrected chi connectivity index (χ1v) is 13.8. The van der Waals surface area contributed by atoms with Crippen LogP contribution in [0.2, 0.25) is 0 Å². The van der Waals surface area contributed by atoms with E-state index in [0.717, 1.165) is 19.3 Å². The van der Waals surface area contributed by atoms with Crippen molar-refractivity contribution in [3.05, 3.63) is 0 Å². The fourth-order valence-corrected chi connectivity index (χ4v) is 6.27. The Bertz CT molecular complexity index is 954. The molecular weight excluding hydrogens is 470 g/mol. The monoisotopic (exact) mass is 517 g/mol. The Labute approximate surface area is 222 Å². The molecule has 3 fully saturated rings. The normalized spacial score (nSPS) is 26.4. The molecule has 0 aromatic carbocycles. The van der Waals surface area contributed by atoms with Gasteiger partial charge in [-0.1, -0.05) is 53.9 Å². The van der Waals surface area contributed by atoms with Crippen molar-refractivity contribution in [1.29, 1.82) is 0 Å². The maximum atomic E-state index is 14.0. The molecule has 2 aliphatic carbocycles. The van der Waals surface area contributed by atoms with Crippen molar-refractivity contribution in [2.24, 2.45) is 34.5 Å². The number of rotatable bonds is 9. The molecule has 208 valence electrons. The van der Waals surface area contributed by atoms with Crippen LogP contribution in [0, 0.1) is 34.5 Å². The van der Waals surface area contributed by atoms with Crippen LogP contribution in [0.5, 0.6) is 0 Å². The van der Waals surface area contributed by atoms with E-state index in [0.29, 0.717) is 18.9 Å². The zero-order chi connectivity index (χ0) is 28.1. The SMILES string of the molecule is CC(=O)C(=O)[C@@H](CC(=O)[C@@H]1[C@@H]2C(CN1C(=O)[C@@H](NC(=O)NC(C)(C)C)C(C)(C)C)C2(C)C)CC1CCC1. The summed E-state index contributed by atoms with van der Waals surface area (Å²) >= 11 is 0. The van der Waals surface area contributed by atoms with Crippen LogP contribution in [-0.2, 0) is 19.2 Å². The zero-order valence-electron chi connectivity index (χ0n) is 24.2. The summed E-state index contributed by atoms with van der Waals surface area (Å²) in [5, 5.41) is 5.72. The summed E-state index contributed by atoms with van der Waals surface area (Å²) in [6, 6.07) is -1.90. The first kappa shape index (κ1) is 29.3. The van der Waals surface area contributed by atoms with Crippen LogP contribution in [0.3, 0.4) is 0 Å². The number of piperidine rings is 1. The first-order chi connectivity index (χ1) is 16.8. The van der Waals surface area contributed by atoms with Gasteiger partial charge >= 0.3 is 6.03 Å². The Balaban J connectivity index is 1.83. The Kier molecular flexibility index (Phi) is 8.03. The van der Waals surface area contributed by atoms with Crippen molar-refractivity contribution in [1.82, 2.24) is 15.5 Å². The van der Waals surface area contributed by atoms with Crippen molar-refractivity contribution in [2.45, 2.75) is 112 Å². The number of hydrogen-bond acceptors (Lipinski definition) is 5. The minimum atomic E-state index is -0.824. The molecular formula is C29H47N3O5. The van der Waals surface area contributed by atoms with Crippen molar-refractivity contribution < 1.29 is 24.0 Å². The van der Waals surface area contributed by atoms with Gasteiger partial charge in [-0.25, -0.2) is 4.79 Å². The number of nitrogens with one attached hydrogen (secondary N) is 2. The fourth-order valence-electron chi connectivity index (χ4n) is 6.27. The van der Waals surface area contributed by atoms with Crippen LogP contribution in [0.4, 0.5) is 4.79 Å². The number of carbonyl (C=O) groups is 5. The fraction of sp³-hybridized carbons (Fsp3) is 0.828. The Hall–Kier alpha value is -2.25. The second-order valence-corrected chi connectivity index (χ2v) is 14.4. The number of ketones is 3. The van der Waals surface area contributed by atoms with Crippen LogP contribution in [0.25, 0.3) is 0 Å². The summed E-state index contributed by atoms with van der Waals surface area (Å²) in [5.41, 5.74) is -1.12. The number of fused-ring (bicyclic) bond motifs is 1. The summed E-state index contributed by atoms with van der Waals surface area (Å²) in [5.74, 6) is -1.43. The molecule has 3 aliphatic rings. The Morgan fingerprint density at radius 2 is 1.59 bits per heavy atom. The molecule has 5 atom stereocenters. The smallest absolute Gasteiger partial charge is 0.315 e. The summed E-state index contributed by atoms with van der Waals surface area (Å²) in [7, 11) is 0. The largest absolute Gasteiger partial charge is 0.334 e. The summed E-state index contributed by atoms with van der Waals surface area (Å²) < 4.78 is 0. The van der Waals surface area contributed by atoms with Crippen LogP contribution in [0.1, 0.15) is 94.4 Å². The van der Waals surface area contributed by atoms with Gasteiger partial charge in [0.05, 0.1) is 6.04 Å². The highest BCUT2D eigenvalue weighted by atomic mass is 16.2. The second kappa shape index (κ2) is 10.1. The van der Waals surface area contributed by atoms with Gasteiger partial charge in [0.2, 0.25) is 11.7 Å². The van der Waals surface area contributed by atoms with Gasteiger partial charge in [0.15, 0.2) is 11.6 Å². The summed E-state index contributed by atoms with van der Waals surface area (Å²) in [6.07, 6.45) is 3.71. The molecule has 37 heavy (non-hydrogen) atoms. The maximum Gasteiger partial charge on any atom is 0.315 e. The van der Waals surface area contributed by atoms with Crippen LogP contribution in [-0.4, -0.2) is 58.4 Å². The molecule has 2 saturated carbocycles. The average Bonchev–Trinajstić information content (AvgIpc) is 3.06. The quantitative estimate of drug-likeness (QED) is 0.451. The number of nitrogens with zero attached hydrogens (tertiary/aromatic N) is 1. The van der Waals surface area contributed by atoms with Gasteiger partial charge in [0.1, 0.15) is 6.04 Å². The van der Waals surface area contributed by atoms with E-state index in [4.69, 9.17) is 0 Å². The molecule has 3 rings (SSSR count). The van der Waals surface area contributed by atoms with Crippen LogP contribution in [0.15, 0.2) is 0 Å². The number of hydrogen-bond donors (Lipinski definition) is 2. The molecule has 3 amide bonds. The average molecular weight is 518 g/mol. The van der Waals surface area contributed by atoms with Gasteiger partial charge < -0.3 is 15.5 Å². The lowest BCUT2D eigenvalue weighted by atomic mass is 9.75. The second-order valence-electron chi connectivity index (χ2n) is 14.4. The molecule has 0 spiro atoms. The van der Waals surface area contributed by atoms with Gasteiger partial charge in [0, 0.05) is 31.3 Å². The molecule has 0 bridgehead atoms. The number of likely N-dealkylation sites (tertiary alicyclic amines) is 1. The standard InChI is InChI=1S/C29H47N3O5/c1-16(33)23(35)18(13-17-11-10-12-17)14-20(34)22-21-19(29(21,8)9)15-32(22)25(36)24(27(2,3)4)30-26(37)31-28(5,6)7/h17-19,21-22,24H,10-15H2,1-9H3,(H2,30,31,37)/t18-,19?,21+,22-,24-/m1/s1. The molecule has 0 aromatic heterocycles. The van der Waals surface area contributed by atoms with E-state index in [1.165, 1.54) is 6.92 Å². The first-order valence-electron chi connectivity index (χ1n) is 13.8. The van der Waals surface area contributed by atoms with Gasteiger partial charge in [-0.15, -0.1) is 0 Å². The highest BCUT2D eigenvalue weighted by molar-refractivity contribution is 6.37. The van der Waals surface area contributed by atoms with E-state index in [1.807, 2.05) is 41.5 Å². The van der Waals surface area contributed by atoms with Crippen LogP contribution < -0.4 is 10.6 Å². The van der Waals surface area contributed by atoms with E-state index in [-0.39, 0.29) is 35.4 Å². The van der Waals surface area contributed by atoms with Gasteiger partial charge in [-0.3, -0.25) is 19.2 Å². The number of urea groups is 1. The third-order valence-corrected chi connectivity index (χ3v) is 8.71. The molecule has 0 radical (unpaired) electrons. The maximum absolute atomic E-state index is 14.0. The molecule has 1 saturated heterocycles. The number of Topliss-reactive ketones (excluding diaryl/α,β-unsaturated/α-hetero) is 3. The van der Waals surface area contributed by atoms with E-state index >= 15 is 0 Å². The van der Waals surface area contributed by atoms with E-state index in [1.54, 1.807) is 4.90 Å². The summed E-state index contributed by atoms with van der Waals surface area (Å²) in [6.45, 7) is 17.2. The van der Waals surface area contributed by atoms with Gasteiger partial charge in [-0.05, 0) is 55.8 Å². The van der Waals surface area contributed by atoms with E-state index in [2.05, 4.69) is 24.5 Å². The molecule has 0 aromatic rings. The van der Waals surface area contributed by atoms with Crippen molar-refractivity contribution in [3.8, 4) is 0 Å². The van der Waals surface area contributed by atoms with Gasteiger partial charge in [-0.2, -0.15) is 0 Å². The predicted molar refractivity (Wildman–Crippen MR) is 142 cm³/mol. The lowest BCUT2D eigenvalue weighted by Gasteiger charge is -2.38. The lowest BCUT2D eigenvalue weighted by molar-refractivity contribution is -0.144. The number of amides is 3. The molecule has 1 heterocycles. The zero-order valence-corrected chi connectivity index (χ0v) is 24.2. The Morgan fingerprint density at radius 3 is 2.05 bits per heavy atom. The molecule has 8 nitrogen and oxygen atoms in total. The minimum absolute atomic E-state index is 0.0131. The highest BCUT2D eigenvalue weighted by Gasteiger charge is 2.69. The van der Waals surface area contributed by atoms with Crippen molar-refractivity contribution >= 4 is 29.3 Å². The lowest BCUT2D eigenvalue weighted by Crippen LogP contribution is -2.60. The van der Waals surface area contributed by atoms with Crippen molar-refractivity contribution in [3.63, 3.8) is 0 Å². The van der Waals surface area contributed by atoms with Gasteiger partial charge in [0.25, 0.3) is 0 Å².